The third kappa shape index (κ3) is 2.89. The average molecular weight is 362 g/mol. The molecule has 3 aromatic rings. The van der Waals surface area contributed by atoms with Crippen LogP contribution < -0.4 is 10.2 Å². The first-order valence-electron chi connectivity index (χ1n) is 9.04. The van der Waals surface area contributed by atoms with E-state index in [-0.39, 0.29) is 22.9 Å². The lowest BCUT2D eigenvalue weighted by Crippen LogP contribution is -2.31. The maximum atomic E-state index is 13.0. The predicted octanol–water partition coefficient (Wildman–Crippen LogP) is 3.40. The molecule has 0 aliphatic carbocycles. The molecule has 0 unspecified atom stereocenters. The van der Waals surface area contributed by atoms with Crippen LogP contribution in [0.15, 0.2) is 53.5 Å². The van der Waals surface area contributed by atoms with Gasteiger partial charge in [0.05, 0.1) is 12.6 Å². The first-order valence-corrected chi connectivity index (χ1v) is 9.04. The Morgan fingerprint density at radius 2 is 1.96 bits per heavy atom. The van der Waals surface area contributed by atoms with Crippen LogP contribution in [0.1, 0.15) is 34.5 Å². The molecule has 27 heavy (non-hydrogen) atoms. The summed E-state index contributed by atoms with van der Waals surface area (Å²) in [4.78, 5) is 27.6. The highest BCUT2D eigenvalue weighted by Gasteiger charge is 2.25. The summed E-state index contributed by atoms with van der Waals surface area (Å²) in [5.74, 6) is 0.513. The second kappa shape index (κ2) is 6.58. The van der Waals surface area contributed by atoms with Crippen molar-refractivity contribution < 1.29 is 9.53 Å². The van der Waals surface area contributed by atoms with Gasteiger partial charge in [-0.25, -0.2) is 0 Å². The molecule has 1 aliphatic heterocycles. The van der Waals surface area contributed by atoms with Crippen molar-refractivity contribution in [2.45, 2.75) is 25.9 Å². The number of methoxy groups -OCH3 is 1. The molecule has 0 fully saturated rings. The Morgan fingerprint density at radius 1 is 1.22 bits per heavy atom. The first kappa shape index (κ1) is 17.3. The van der Waals surface area contributed by atoms with E-state index in [0.29, 0.717) is 11.9 Å². The van der Waals surface area contributed by atoms with Crippen molar-refractivity contribution in [3.63, 3.8) is 0 Å². The molecule has 5 heteroatoms. The molecule has 0 radical (unpaired) electrons. The van der Waals surface area contributed by atoms with Crippen molar-refractivity contribution in [2.24, 2.45) is 0 Å². The fourth-order valence-corrected chi connectivity index (χ4v) is 3.85. The van der Waals surface area contributed by atoms with Crippen LogP contribution in [0, 0.1) is 0 Å². The lowest BCUT2D eigenvalue weighted by Gasteiger charge is -2.19. The van der Waals surface area contributed by atoms with Crippen molar-refractivity contribution in [3.8, 4) is 5.75 Å². The zero-order valence-corrected chi connectivity index (χ0v) is 15.7. The van der Waals surface area contributed by atoms with E-state index < -0.39 is 0 Å². The molecule has 0 N–H and O–H groups in total. The molecule has 0 saturated carbocycles. The highest BCUT2D eigenvalue weighted by atomic mass is 16.5. The van der Waals surface area contributed by atoms with Gasteiger partial charge in [-0.3, -0.25) is 9.59 Å². The van der Waals surface area contributed by atoms with Crippen LogP contribution in [-0.2, 0) is 13.0 Å². The Bertz CT molecular complexity index is 1080. The lowest BCUT2D eigenvalue weighted by molar-refractivity contribution is 0.0783. The normalized spacial score (nSPS) is 15.1. The molecule has 0 bridgehead atoms. The fraction of sp³-hybridized carbons (Fsp3) is 0.273. The van der Waals surface area contributed by atoms with Crippen LogP contribution in [0.3, 0.4) is 0 Å². The number of amides is 1. The van der Waals surface area contributed by atoms with E-state index in [4.69, 9.17) is 4.74 Å². The van der Waals surface area contributed by atoms with Crippen molar-refractivity contribution >= 4 is 16.8 Å². The largest absolute Gasteiger partial charge is 0.497 e. The highest BCUT2D eigenvalue weighted by molar-refractivity contribution is 5.98. The number of rotatable bonds is 4. The Kier molecular flexibility index (Phi) is 4.22. The molecular formula is C22H22N2O3. The number of hydrogen-bond acceptors (Lipinski definition) is 3. The molecule has 0 spiro atoms. The lowest BCUT2D eigenvalue weighted by atomic mass is 10.1. The van der Waals surface area contributed by atoms with Gasteiger partial charge in [-0.2, -0.15) is 0 Å². The molecule has 1 amide bonds. The van der Waals surface area contributed by atoms with Crippen molar-refractivity contribution in [2.75, 3.05) is 14.2 Å². The van der Waals surface area contributed by atoms with E-state index in [1.165, 1.54) is 5.56 Å². The van der Waals surface area contributed by atoms with Gasteiger partial charge in [-0.1, -0.05) is 24.3 Å². The topological polar surface area (TPSA) is 51.5 Å². The third-order valence-electron chi connectivity index (χ3n) is 5.28. The minimum atomic E-state index is -0.258. The number of para-hydroxylation sites is 1. The predicted molar refractivity (Wildman–Crippen MR) is 105 cm³/mol. The number of hydrogen-bond donors (Lipinski definition) is 0. The highest BCUT2D eigenvalue weighted by Crippen LogP contribution is 2.31. The van der Waals surface area contributed by atoms with E-state index >= 15 is 0 Å². The maximum Gasteiger partial charge on any atom is 0.259 e. The van der Waals surface area contributed by atoms with Gasteiger partial charge in [0, 0.05) is 31.2 Å². The number of nitrogens with zero attached hydrogens (tertiary/aromatic N) is 2. The van der Waals surface area contributed by atoms with Crippen LogP contribution in [0.5, 0.6) is 5.75 Å². The fourth-order valence-electron chi connectivity index (χ4n) is 3.85. The van der Waals surface area contributed by atoms with Gasteiger partial charge in [0.25, 0.3) is 5.91 Å². The molecule has 4 rings (SSSR count). The van der Waals surface area contributed by atoms with E-state index in [1.807, 2.05) is 36.4 Å². The Labute approximate surface area is 157 Å². The summed E-state index contributed by atoms with van der Waals surface area (Å²) in [6.45, 7) is 2.54. The Hall–Kier alpha value is -3.08. The molecule has 5 nitrogen and oxygen atoms in total. The molecule has 2 heterocycles. The van der Waals surface area contributed by atoms with Gasteiger partial charge in [-0.15, -0.1) is 0 Å². The monoisotopic (exact) mass is 362 g/mol. The van der Waals surface area contributed by atoms with E-state index in [0.717, 1.165) is 23.3 Å². The Balaban J connectivity index is 1.69. The summed E-state index contributed by atoms with van der Waals surface area (Å²) in [7, 11) is 3.34. The van der Waals surface area contributed by atoms with Crippen LogP contribution in [0.25, 0.3) is 10.9 Å². The summed E-state index contributed by atoms with van der Waals surface area (Å²) >= 11 is 0. The number of carbonyl (C=O) groups is 1. The standard InChI is InChI=1S/C22H22N2O3/c1-14-11-16-5-4-6-18-20(16)24(14)13-19(21(18)25)22(26)23(2)12-15-7-9-17(27-3)10-8-15/h4-10,13-14H,11-12H2,1-3H3/t14-/m1/s1. The van der Waals surface area contributed by atoms with E-state index in [9.17, 15) is 9.59 Å². The summed E-state index contributed by atoms with van der Waals surface area (Å²) in [5, 5.41) is 0.626. The molecule has 138 valence electrons. The van der Waals surface area contributed by atoms with Gasteiger partial charge < -0.3 is 14.2 Å². The number of aromatic nitrogens is 1. The zero-order chi connectivity index (χ0) is 19.1. The molecular weight excluding hydrogens is 340 g/mol. The third-order valence-corrected chi connectivity index (χ3v) is 5.28. The number of benzene rings is 2. The SMILES string of the molecule is COc1ccc(CN(C)C(=O)c2cn3c4c(cccc4c2=O)C[C@H]3C)cc1. The van der Waals surface area contributed by atoms with Gasteiger partial charge >= 0.3 is 0 Å². The molecule has 1 atom stereocenters. The van der Waals surface area contributed by atoms with Gasteiger partial charge in [0.2, 0.25) is 5.43 Å². The molecule has 2 aromatic carbocycles. The minimum absolute atomic E-state index is 0.191. The second-order valence-electron chi connectivity index (χ2n) is 7.15. The number of ether oxygens (including phenoxy) is 1. The average Bonchev–Trinajstić information content (AvgIpc) is 3.00. The van der Waals surface area contributed by atoms with Crippen LogP contribution >= 0.6 is 0 Å². The Morgan fingerprint density at radius 3 is 2.67 bits per heavy atom. The van der Waals surface area contributed by atoms with Crippen LogP contribution in [-0.4, -0.2) is 29.5 Å². The number of pyridine rings is 1. The second-order valence-corrected chi connectivity index (χ2v) is 7.15. The van der Waals surface area contributed by atoms with Crippen molar-refractivity contribution in [3.05, 3.63) is 75.6 Å². The van der Waals surface area contributed by atoms with E-state index in [2.05, 4.69) is 17.6 Å². The van der Waals surface area contributed by atoms with Gasteiger partial charge in [-0.05, 0) is 42.7 Å². The first-order chi connectivity index (χ1) is 13.0. The molecule has 0 saturated heterocycles. The zero-order valence-electron chi connectivity index (χ0n) is 15.7. The number of carbonyl (C=O) groups excluding carboxylic acids is 1. The van der Waals surface area contributed by atoms with Crippen molar-refractivity contribution in [1.82, 2.24) is 9.47 Å². The van der Waals surface area contributed by atoms with Crippen LogP contribution in [0.4, 0.5) is 0 Å². The quantitative estimate of drug-likeness (QED) is 0.715. The summed E-state index contributed by atoms with van der Waals surface area (Å²) < 4.78 is 7.23. The summed E-state index contributed by atoms with van der Waals surface area (Å²) in [6, 6.07) is 13.6. The molecule has 1 aromatic heterocycles. The smallest absolute Gasteiger partial charge is 0.259 e. The van der Waals surface area contributed by atoms with Crippen molar-refractivity contribution in [1.29, 1.82) is 0 Å². The van der Waals surface area contributed by atoms with Crippen LogP contribution in [0.2, 0.25) is 0 Å². The van der Waals surface area contributed by atoms with Gasteiger partial charge in [0.15, 0.2) is 0 Å². The minimum Gasteiger partial charge on any atom is -0.497 e. The van der Waals surface area contributed by atoms with E-state index in [1.54, 1.807) is 25.3 Å². The molecule has 1 aliphatic rings. The summed E-state index contributed by atoms with van der Waals surface area (Å²) in [6.07, 6.45) is 2.62. The summed E-state index contributed by atoms with van der Waals surface area (Å²) in [5.41, 5.74) is 3.15. The van der Waals surface area contributed by atoms with Gasteiger partial charge in [0.1, 0.15) is 11.3 Å². The maximum absolute atomic E-state index is 13.0.